The lowest BCUT2D eigenvalue weighted by molar-refractivity contribution is -0.131. The number of halogens is 2. The van der Waals surface area contributed by atoms with Crippen LogP contribution in [-0.4, -0.2) is 17.2 Å². The molecule has 0 heterocycles. The molecule has 0 aliphatic heterocycles. The molecule has 92 valence electrons. The van der Waals surface area contributed by atoms with Gasteiger partial charge in [-0.2, -0.15) is 0 Å². The minimum atomic E-state index is -0.972. The normalized spacial score (nSPS) is 11.1. The van der Waals surface area contributed by atoms with E-state index in [4.69, 9.17) is 9.84 Å². The van der Waals surface area contributed by atoms with Crippen molar-refractivity contribution in [3.05, 3.63) is 32.7 Å². The molecule has 3 nitrogen and oxygen atoms in total. The SMILES string of the molecule is CC(C)Oc1c(Br)cc(C=CC(=O)O)cc1Br. The van der Waals surface area contributed by atoms with Crippen molar-refractivity contribution in [3.8, 4) is 5.75 Å². The van der Waals surface area contributed by atoms with Gasteiger partial charge in [0.1, 0.15) is 5.75 Å². The molecule has 0 saturated heterocycles. The first kappa shape index (κ1) is 14.3. The highest BCUT2D eigenvalue weighted by Gasteiger charge is 2.09. The van der Waals surface area contributed by atoms with Crippen LogP contribution in [0.5, 0.6) is 5.75 Å². The van der Waals surface area contributed by atoms with Gasteiger partial charge in [-0.15, -0.1) is 0 Å². The molecule has 1 aromatic rings. The summed E-state index contributed by atoms with van der Waals surface area (Å²) in [5.41, 5.74) is 0.780. The monoisotopic (exact) mass is 362 g/mol. The van der Waals surface area contributed by atoms with Crippen molar-refractivity contribution in [3.63, 3.8) is 0 Å². The molecule has 0 unspecified atom stereocenters. The number of aliphatic carboxylic acids is 1. The van der Waals surface area contributed by atoms with E-state index in [0.29, 0.717) is 5.75 Å². The van der Waals surface area contributed by atoms with Gasteiger partial charge in [0, 0.05) is 6.08 Å². The molecule has 0 aliphatic rings. The molecule has 0 radical (unpaired) electrons. The molecule has 17 heavy (non-hydrogen) atoms. The zero-order valence-corrected chi connectivity index (χ0v) is 12.6. The quantitative estimate of drug-likeness (QED) is 0.819. The fraction of sp³-hybridized carbons (Fsp3) is 0.250. The third-order valence-electron chi connectivity index (χ3n) is 1.79. The minimum Gasteiger partial charge on any atom is -0.489 e. The fourth-order valence-corrected chi connectivity index (χ4v) is 2.60. The second kappa shape index (κ2) is 6.21. The zero-order chi connectivity index (χ0) is 13.0. The molecule has 1 rings (SSSR count). The second-order valence-corrected chi connectivity index (χ2v) is 5.36. The summed E-state index contributed by atoms with van der Waals surface area (Å²) in [7, 11) is 0. The van der Waals surface area contributed by atoms with Gasteiger partial charge < -0.3 is 9.84 Å². The minimum absolute atomic E-state index is 0.0722. The Balaban J connectivity index is 3.05. The Bertz CT molecular complexity index is 430. The van der Waals surface area contributed by atoms with Crippen LogP contribution in [0.2, 0.25) is 0 Å². The van der Waals surface area contributed by atoms with E-state index in [2.05, 4.69) is 31.9 Å². The molecule has 0 spiro atoms. The molecule has 0 saturated carbocycles. The molecule has 5 heteroatoms. The summed E-state index contributed by atoms with van der Waals surface area (Å²) in [6.45, 7) is 3.88. The number of carboxylic acid groups (broad SMARTS) is 1. The third-order valence-corrected chi connectivity index (χ3v) is 2.97. The lowest BCUT2D eigenvalue weighted by atomic mass is 10.2. The highest BCUT2D eigenvalue weighted by molar-refractivity contribution is 9.11. The van der Waals surface area contributed by atoms with Crippen LogP contribution in [-0.2, 0) is 4.79 Å². The van der Waals surface area contributed by atoms with Crippen LogP contribution < -0.4 is 4.74 Å². The van der Waals surface area contributed by atoms with E-state index < -0.39 is 5.97 Å². The van der Waals surface area contributed by atoms with E-state index in [-0.39, 0.29) is 6.10 Å². The third kappa shape index (κ3) is 4.52. The predicted molar refractivity (Wildman–Crippen MR) is 74.3 cm³/mol. The van der Waals surface area contributed by atoms with Gasteiger partial charge in [-0.25, -0.2) is 4.79 Å². The van der Waals surface area contributed by atoms with Crippen molar-refractivity contribution in [2.75, 3.05) is 0 Å². The van der Waals surface area contributed by atoms with Gasteiger partial charge in [0.25, 0.3) is 0 Å². The standard InChI is InChI=1S/C12H12Br2O3/c1-7(2)17-12-9(13)5-8(6-10(12)14)3-4-11(15)16/h3-7H,1-2H3,(H,15,16). The Labute approximate surface area is 117 Å². The van der Waals surface area contributed by atoms with Crippen LogP contribution >= 0.6 is 31.9 Å². The number of carboxylic acids is 1. The smallest absolute Gasteiger partial charge is 0.328 e. The molecule has 0 fully saturated rings. The fourth-order valence-electron chi connectivity index (χ4n) is 1.19. The predicted octanol–water partition coefficient (Wildman–Crippen LogP) is 4.10. The Kier molecular flexibility index (Phi) is 5.21. The van der Waals surface area contributed by atoms with Crippen molar-refractivity contribution >= 4 is 43.9 Å². The lowest BCUT2D eigenvalue weighted by Gasteiger charge is -2.13. The van der Waals surface area contributed by atoms with Gasteiger partial charge in [-0.3, -0.25) is 0 Å². The van der Waals surface area contributed by atoms with E-state index in [1.165, 1.54) is 6.08 Å². The van der Waals surface area contributed by atoms with Crippen molar-refractivity contribution in [2.24, 2.45) is 0 Å². The number of hydrogen-bond donors (Lipinski definition) is 1. The van der Waals surface area contributed by atoms with E-state index in [0.717, 1.165) is 20.6 Å². The summed E-state index contributed by atoms with van der Waals surface area (Å²) < 4.78 is 7.19. The molecule has 0 bridgehead atoms. The molecule has 1 N–H and O–H groups in total. The van der Waals surface area contributed by atoms with Crippen LogP contribution in [0.15, 0.2) is 27.2 Å². The molecule has 1 aromatic carbocycles. The summed E-state index contributed by atoms with van der Waals surface area (Å²) in [5, 5.41) is 8.55. The maximum Gasteiger partial charge on any atom is 0.328 e. The maximum atomic E-state index is 10.4. The van der Waals surface area contributed by atoms with E-state index >= 15 is 0 Å². The second-order valence-electron chi connectivity index (χ2n) is 3.65. The van der Waals surface area contributed by atoms with Crippen LogP contribution in [0, 0.1) is 0 Å². The van der Waals surface area contributed by atoms with Crippen molar-refractivity contribution in [2.45, 2.75) is 20.0 Å². The average Bonchev–Trinajstić information content (AvgIpc) is 2.20. The largest absolute Gasteiger partial charge is 0.489 e. The number of ether oxygens (including phenoxy) is 1. The van der Waals surface area contributed by atoms with E-state index in [9.17, 15) is 4.79 Å². The molecular formula is C12H12Br2O3. The Morgan fingerprint density at radius 1 is 1.35 bits per heavy atom. The van der Waals surface area contributed by atoms with Crippen molar-refractivity contribution < 1.29 is 14.6 Å². The van der Waals surface area contributed by atoms with Crippen molar-refractivity contribution in [1.82, 2.24) is 0 Å². The van der Waals surface area contributed by atoms with Crippen LogP contribution in [0.3, 0.4) is 0 Å². The number of hydrogen-bond acceptors (Lipinski definition) is 2. The first-order valence-electron chi connectivity index (χ1n) is 4.97. The first-order valence-corrected chi connectivity index (χ1v) is 6.55. The Hall–Kier alpha value is -0.810. The first-order chi connectivity index (χ1) is 7.90. The van der Waals surface area contributed by atoms with E-state index in [1.807, 2.05) is 26.0 Å². The molecule has 0 aromatic heterocycles. The van der Waals surface area contributed by atoms with Gasteiger partial charge in [0.2, 0.25) is 0 Å². The summed E-state index contributed by atoms with van der Waals surface area (Å²) in [6.07, 6.45) is 2.69. The Morgan fingerprint density at radius 2 is 1.88 bits per heavy atom. The van der Waals surface area contributed by atoms with E-state index in [1.54, 1.807) is 0 Å². The van der Waals surface area contributed by atoms with Crippen molar-refractivity contribution in [1.29, 1.82) is 0 Å². The van der Waals surface area contributed by atoms with Gasteiger partial charge in [0.15, 0.2) is 0 Å². The number of rotatable bonds is 4. The lowest BCUT2D eigenvalue weighted by Crippen LogP contribution is -2.06. The van der Waals surface area contributed by atoms with Gasteiger partial charge >= 0.3 is 5.97 Å². The highest BCUT2D eigenvalue weighted by atomic mass is 79.9. The molecule has 0 amide bonds. The Morgan fingerprint density at radius 3 is 2.29 bits per heavy atom. The van der Waals surface area contributed by atoms with Crippen LogP contribution in [0.1, 0.15) is 19.4 Å². The molecular weight excluding hydrogens is 352 g/mol. The zero-order valence-electron chi connectivity index (χ0n) is 9.41. The van der Waals surface area contributed by atoms with Crippen LogP contribution in [0.25, 0.3) is 6.08 Å². The average molecular weight is 364 g/mol. The highest BCUT2D eigenvalue weighted by Crippen LogP contribution is 2.35. The summed E-state index contributed by atoms with van der Waals surface area (Å²) in [5.74, 6) is -0.257. The van der Waals surface area contributed by atoms with Crippen LogP contribution in [0.4, 0.5) is 0 Å². The summed E-state index contributed by atoms with van der Waals surface area (Å²) in [4.78, 5) is 10.4. The summed E-state index contributed by atoms with van der Waals surface area (Å²) >= 11 is 6.79. The topological polar surface area (TPSA) is 46.5 Å². The van der Waals surface area contributed by atoms with Gasteiger partial charge in [0.05, 0.1) is 15.0 Å². The molecule has 0 aliphatic carbocycles. The molecule has 0 atom stereocenters. The number of benzene rings is 1. The maximum absolute atomic E-state index is 10.4. The van der Waals surface area contributed by atoms with Gasteiger partial charge in [-0.05, 0) is 69.5 Å². The van der Waals surface area contributed by atoms with Gasteiger partial charge in [-0.1, -0.05) is 0 Å². The summed E-state index contributed by atoms with van der Waals surface area (Å²) in [6, 6.07) is 3.61. The number of carbonyl (C=O) groups is 1.